The van der Waals surface area contributed by atoms with Gasteiger partial charge in [-0.2, -0.15) is 5.26 Å². The summed E-state index contributed by atoms with van der Waals surface area (Å²) < 4.78 is 17.9. The molecule has 1 unspecified atom stereocenters. The lowest BCUT2D eigenvalue weighted by atomic mass is 9.93. The molecule has 1 N–H and O–H groups in total. The molecule has 178 valence electrons. The lowest BCUT2D eigenvalue weighted by molar-refractivity contribution is -0.125. The van der Waals surface area contributed by atoms with E-state index in [0.29, 0.717) is 40.2 Å². The zero-order valence-corrected chi connectivity index (χ0v) is 19.9. The number of methoxy groups -OCH3 is 1. The van der Waals surface area contributed by atoms with E-state index < -0.39 is 0 Å². The van der Waals surface area contributed by atoms with Crippen LogP contribution in [0, 0.1) is 11.3 Å². The highest BCUT2D eigenvalue weighted by Gasteiger charge is 2.27. The van der Waals surface area contributed by atoms with E-state index in [2.05, 4.69) is 16.4 Å². The van der Waals surface area contributed by atoms with Crippen molar-refractivity contribution < 1.29 is 18.7 Å². The number of hydrogen-bond donors (Lipinski definition) is 1. The van der Waals surface area contributed by atoms with E-state index in [1.165, 1.54) is 0 Å². The molecular formula is C27H26N4O4. The molecule has 2 aliphatic rings. The molecule has 1 fully saturated rings. The maximum Gasteiger partial charge on any atom is 0.249 e. The Kier molecular flexibility index (Phi) is 6.12. The van der Waals surface area contributed by atoms with Crippen molar-refractivity contribution in [3.8, 4) is 22.9 Å². The summed E-state index contributed by atoms with van der Waals surface area (Å²) in [5.41, 5.74) is 5.01. The van der Waals surface area contributed by atoms with Crippen LogP contribution < -0.4 is 10.1 Å². The molecule has 1 amide bonds. The first-order chi connectivity index (χ1) is 17.0. The van der Waals surface area contributed by atoms with Gasteiger partial charge >= 0.3 is 0 Å². The van der Waals surface area contributed by atoms with Crippen molar-refractivity contribution in [1.82, 2.24) is 15.2 Å². The predicted molar refractivity (Wildman–Crippen MR) is 132 cm³/mol. The molecule has 2 aromatic heterocycles. The van der Waals surface area contributed by atoms with Crippen molar-refractivity contribution in [3.63, 3.8) is 0 Å². The van der Waals surface area contributed by atoms with Crippen LogP contribution in [0.3, 0.4) is 0 Å². The number of carbonyl (C=O) groups excluding carboxylic acids is 1. The van der Waals surface area contributed by atoms with E-state index in [9.17, 15) is 10.1 Å². The Labute approximate surface area is 203 Å². The number of benzene rings is 1. The van der Waals surface area contributed by atoms with Crippen molar-refractivity contribution in [2.75, 3.05) is 34.3 Å². The summed E-state index contributed by atoms with van der Waals surface area (Å²) in [5.74, 6) is 1.18. The minimum Gasteiger partial charge on any atom is -0.486 e. The molecule has 8 heteroatoms. The molecule has 3 aromatic rings. The highest BCUT2D eigenvalue weighted by atomic mass is 16.5. The fourth-order valence-corrected chi connectivity index (χ4v) is 4.29. The fourth-order valence-electron chi connectivity index (χ4n) is 4.29. The average molecular weight is 471 g/mol. The first-order valence-electron chi connectivity index (χ1n) is 11.4. The quantitative estimate of drug-likeness (QED) is 0.588. The Balaban J connectivity index is 1.51. The third kappa shape index (κ3) is 4.32. The second-order valence-corrected chi connectivity index (χ2v) is 8.85. The van der Waals surface area contributed by atoms with Crippen LogP contribution in [0.4, 0.5) is 0 Å². The van der Waals surface area contributed by atoms with Gasteiger partial charge in [0.2, 0.25) is 5.91 Å². The van der Waals surface area contributed by atoms with Crippen LogP contribution in [-0.4, -0.2) is 62.3 Å². The van der Waals surface area contributed by atoms with Crippen LogP contribution >= 0.6 is 0 Å². The van der Waals surface area contributed by atoms with Gasteiger partial charge in [0.05, 0.1) is 11.7 Å². The second kappa shape index (κ2) is 9.37. The zero-order valence-electron chi connectivity index (χ0n) is 19.9. The number of pyridine rings is 1. The van der Waals surface area contributed by atoms with E-state index in [0.717, 1.165) is 29.8 Å². The van der Waals surface area contributed by atoms with Crippen molar-refractivity contribution in [2.45, 2.75) is 18.6 Å². The minimum atomic E-state index is -0.314. The van der Waals surface area contributed by atoms with Crippen LogP contribution in [0.25, 0.3) is 27.8 Å². The first-order valence-corrected chi connectivity index (χ1v) is 11.4. The monoisotopic (exact) mass is 470 g/mol. The average Bonchev–Trinajstić information content (AvgIpc) is 3.29. The van der Waals surface area contributed by atoms with Crippen LogP contribution in [0.2, 0.25) is 0 Å². The van der Waals surface area contributed by atoms with E-state index in [1.807, 2.05) is 42.5 Å². The summed E-state index contributed by atoms with van der Waals surface area (Å²) >= 11 is 0. The number of aromatic nitrogens is 1. The number of amides is 1. The molecule has 1 saturated heterocycles. The summed E-state index contributed by atoms with van der Waals surface area (Å²) in [6.45, 7) is 1.57. The summed E-state index contributed by atoms with van der Waals surface area (Å²) in [7, 11) is 5.09. The van der Waals surface area contributed by atoms with Crippen molar-refractivity contribution in [1.29, 1.82) is 5.26 Å². The summed E-state index contributed by atoms with van der Waals surface area (Å²) in [6, 6.07) is 11.6. The van der Waals surface area contributed by atoms with Gasteiger partial charge in [0.25, 0.3) is 0 Å². The molecule has 1 aliphatic carbocycles. The number of rotatable bonds is 6. The minimum absolute atomic E-state index is 0.0368. The van der Waals surface area contributed by atoms with Gasteiger partial charge in [0.1, 0.15) is 29.2 Å². The van der Waals surface area contributed by atoms with Gasteiger partial charge in [-0.25, -0.2) is 0 Å². The molecule has 0 saturated carbocycles. The number of carbonyl (C=O) groups is 1. The van der Waals surface area contributed by atoms with E-state index >= 15 is 0 Å². The molecule has 35 heavy (non-hydrogen) atoms. The maximum absolute atomic E-state index is 12.4. The molecule has 5 rings (SSSR count). The number of nitriles is 1. The first kappa shape index (κ1) is 22.8. The lowest BCUT2D eigenvalue weighted by Crippen LogP contribution is -2.50. The van der Waals surface area contributed by atoms with Gasteiger partial charge < -0.3 is 24.1 Å². The lowest BCUT2D eigenvalue weighted by Gasteiger charge is -2.28. The zero-order chi connectivity index (χ0) is 24.5. The number of furan rings is 1. The number of nitrogens with zero attached hydrogens (tertiary/aromatic N) is 3. The maximum atomic E-state index is 12.4. The SMILES string of the molecule is COC1CC(C(=O)N(C)C)=CC=C1c1cc2nccc(-c3ccc(OC4CNC4)c(C#N)c3)c2o1. The summed E-state index contributed by atoms with van der Waals surface area (Å²) in [4.78, 5) is 18.4. The van der Waals surface area contributed by atoms with Crippen molar-refractivity contribution >= 4 is 22.6 Å². The standard InChI is InChI=1S/C27H26N4O4/c1-31(2)27(32)17-4-6-21(24(11-17)33-3)25-12-22-26(35-25)20(8-9-30-22)16-5-7-23(18(10-16)13-28)34-19-14-29-15-19/h4-10,12,19,24,29H,11,14-15H2,1-3H3. The third-order valence-electron chi connectivity index (χ3n) is 6.33. The Morgan fingerprint density at radius 3 is 2.74 bits per heavy atom. The number of ether oxygens (including phenoxy) is 2. The number of fused-ring (bicyclic) bond motifs is 1. The molecule has 0 radical (unpaired) electrons. The molecule has 0 bridgehead atoms. The Morgan fingerprint density at radius 2 is 2.06 bits per heavy atom. The number of nitrogens with one attached hydrogen (secondary N) is 1. The van der Waals surface area contributed by atoms with Crippen LogP contribution in [0.5, 0.6) is 5.75 Å². The highest BCUT2D eigenvalue weighted by Crippen LogP contribution is 2.37. The van der Waals surface area contributed by atoms with E-state index in [4.69, 9.17) is 13.9 Å². The molecule has 8 nitrogen and oxygen atoms in total. The fraction of sp³-hybridized carbons (Fsp3) is 0.296. The van der Waals surface area contributed by atoms with Gasteiger partial charge in [-0.3, -0.25) is 9.78 Å². The third-order valence-corrected chi connectivity index (χ3v) is 6.33. The molecule has 1 atom stereocenters. The van der Waals surface area contributed by atoms with Gasteiger partial charge in [0.15, 0.2) is 5.58 Å². The molecule has 1 aliphatic heterocycles. The molecule has 0 spiro atoms. The van der Waals surface area contributed by atoms with Gasteiger partial charge in [-0.1, -0.05) is 18.2 Å². The van der Waals surface area contributed by atoms with Gasteiger partial charge in [0, 0.05) is 69.7 Å². The van der Waals surface area contributed by atoms with E-state index in [-0.39, 0.29) is 18.1 Å². The Hall–Kier alpha value is -3.93. The summed E-state index contributed by atoms with van der Waals surface area (Å²) in [6.07, 6.45) is 5.66. The highest BCUT2D eigenvalue weighted by molar-refractivity contribution is 5.96. The Bertz CT molecular complexity index is 1390. The van der Waals surface area contributed by atoms with Crippen LogP contribution in [0.1, 0.15) is 17.7 Å². The molecule has 3 heterocycles. The van der Waals surface area contributed by atoms with Crippen LogP contribution in [-0.2, 0) is 9.53 Å². The molecule has 1 aromatic carbocycles. The Morgan fingerprint density at radius 1 is 1.23 bits per heavy atom. The van der Waals surface area contributed by atoms with Gasteiger partial charge in [-0.15, -0.1) is 0 Å². The van der Waals surface area contributed by atoms with Gasteiger partial charge in [-0.05, 0) is 23.8 Å². The smallest absolute Gasteiger partial charge is 0.249 e. The number of hydrogen-bond acceptors (Lipinski definition) is 7. The largest absolute Gasteiger partial charge is 0.486 e. The normalized spacial score (nSPS) is 17.8. The number of allylic oxidation sites excluding steroid dienone is 2. The van der Waals surface area contributed by atoms with Crippen molar-refractivity contribution in [2.24, 2.45) is 0 Å². The van der Waals surface area contributed by atoms with Crippen molar-refractivity contribution in [3.05, 3.63) is 65.6 Å². The molecular weight excluding hydrogens is 444 g/mol. The summed E-state index contributed by atoms with van der Waals surface area (Å²) in [5, 5.41) is 12.9. The second-order valence-electron chi connectivity index (χ2n) is 8.85. The van der Waals surface area contributed by atoms with E-state index in [1.54, 1.807) is 32.3 Å². The topological polar surface area (TPSA) is 101 Å². The number of likely N-dealkylation sites (N-methyl/N-ethyl adjacent to an activating group) is 1. The predicted octanol–water partition coefficient (Wildman–Crippen LogP) is 3.53. The van der Waals surface area contributed by atoms with Crippen LogP contribution in [0.15, 0.2) is 58.7 Å².